The highest BCUT2D eigenvalue weighted by Crippen LogP contribution is 2.30. The molecular formula is C21H21N3O. The summed E-state index contributed by atoms with van der Waals surface area (Å²) in [5.41, 5.74) is 2.01. The van der Waals surface area contributed by atoms with Crippen LogP contribution in [0.1, 0.15) is 6.42 Å². The Morgan fingerprint density at radius 3 is 2.72 bits per heavy atom. The lowest BCUT2D eigenvalue weighted by atomic mass is 10.2. The van der Waals surface area contributed by atoms with E-state index in [9.17, 15) is 0 Å². The summed E-state index contributed by atoms with van der Waals surface area (Å²) in [4.78, 5) is 12.0. The molecule has 1 aromatic heterocycles. The molecule has 1 saturated heterocycles. The van der Waals surface area contributed by atoms with Gasteiger partial charge in [0.1, 0.15) is 5.82 Å². The van der Waals surface area contributed by atoms with E-state index in [-0.39, 0.29) is 6.10 Å². The molecule has 1 fully saturated rings. The van der Waals surface area contributed by atoms with E-state index in [1.807, 2.05) is 42.5 Å². The third kappa shape index (κ3) is 3.26. The summed E-state index contributed by atoms with van der Waals surface area (Å²) in [5.74, 6) is 1.76. The normalized spacial score (nSPS) is 17.1. The minimum absolute atomic E-state index is 0.229. The molecule has 1 aliphatic heterocycles. The summed E-state index contributed by atoms with van der Waals surface area (Å²) >= 11 is 0. The van der Waals surface area contributed by atoms with E-state index < -0.39 is 0 Å². The number of benzene rings is 2. The van der Waals surface area contributed by atoms with Gasteiger partial charge in [0.2, 0.25) is 0 Å². The highest BCUT2D eigenvalue weighted by molar-refractivity contribution is 5.91. The highest BCUT2D eigenvalue weighted by atomic mass is 16.5. The smallest absolute Gasteiger partial charge is 0.162 e. The second-order valence-electron chi connectivity index (χ2n) is 6.23. The van der Waals surface area contributed by atoms with E-state index in [2.05, 4.69) is 23.6 Å². The van der Waals surface area contributed by atoms with Crippen molar-refractivity contribution in [2.45, 2.75) is 12.5 Å². The van der Waals surface area contributed by atoms with Gasteiger partial charge in [0.25, 0.3) is 0 Å². The second kappa shape index (κ2) is 7.03. The topological polar surface area (TPSA) is 38.2 Å². The standard InChI is InChI=1S/C21H21N3O/c1-2-14-25-17-12-13-24(15-17)21-18-10-6-7-11-19(18)22-20(23-21)16-8-4-3-5-9-16/h2-11,17H,1,12-15H2. The monoisotopic (exact) mass is 331 g/mol. The van der Waals surface area contributed by atoms with E-state index in [1.165, 1.54) is 0 Å². The molecule has 1 atom stereocenters. The zero-order chi connectivity index (χ0) is 17.1. The van der Waals surface area contributed by atoms with Crippen molar-refractivity contribution in [3.8, 4) is 11.4 Å². The lowest BCUT2D eigenvalue weighted by Crippen LogP contribution is -2.24. The highest BCUT2D eigenvalue weighted by Gasteiger charge is 2.25. The van der Waals surface area contributed by atoms with Gasteiger partial charge < -0.3 is 9.64 Å². The summed E-state index contributed by atoms with van der Waals surface area (Å²) in [6.07, 6.45) is 3.04. The van der Waals surface area contributed by atoms with Crippen molar-refractivity contribution in [2.75, 3.05) is 24.6 Å². The fourth-order valence-corrected chi connectivity index (χ4v) is 3.28. The molecule has 126 valence electrons. The average molecular weight is 331 g/mol. The van der Waals surface area contributed by atoms with Crippen LogP contribution >= 0.6 is 0 Å². The maximum atomic E-state index is 5.83. The molecule has 4 nitrogen and oxygen atoms in total. The van der Waals surface area contributed by atoms with Crippen molar-refractivity contribution < 1.29 is 4.74 Å². The zero-order valence-electron chi connectivity index (χ0n) is 14.1. The van der Waals surface area contributed by atoms with Gasteiger partial charge in [-0.1, -0.05) is 48.5 Å². The minimum Gasteiger partial charge on any atom is -0.372 e. The molecule has 0 bridgehead atoms. The van der Waals surface area contributed by atoms with Crippen molar-refractivity contribution in [3.63, 3.8) is 0 Å². The van der Waals surface area contributed by atoms with Gasteiger partial charge in [0.05, 0.1) is 18.2 Å². The molecule has 0 aliphatic carbocycles. The van der Waals surface area contributed by atoms with Crippen molar-refractivity contribution in [2.24, 2.45) is 0 Å². The molecule has 0 spiro atoms. The molecule has 1 aliphatic rings. The maximum Gasteiger partial charge on any atom is 0.162 e. The van der Waals surface area contributed by atoms with Gasteiger partial charge in [-0.15, -0.1) is 6.58 Å². The molecule has 2 heterocycles. The lowest BCUT2D eigenvalue weighted by Gasteiger charge is -2.20. The number of ether oxygens (including phenoxy) is 1. The summed E-state index contributed by atoms with van der Waals surface area (Å²) < 4.78 is 5.83. The molecule has 4 heteroatoms. The van der Waals surface area contributed by atoms with Gasteiger partial charge in [-0.25, -0.2) is 9.97 Å². The molecule has 2 aromatic carbocycles. The Morgan fingerprint density at radius 2 is 1.88 bits per heavy atom. The van der Waals surface area contributed by atoms with E-state index in [0.29, 0.717) is 6.61 Å². The molecule has 0 saturated carbocycles. The van der Waals surface area contributed by atoms with E-state index in [0.717, 1.165) is 47.6 Å². The first-order chi connectivity index (χ1) is 12.3. The van der Waals surface area contributed by atoms with Crippen LogP contribution in [0, 0.1) is 0 Å². The van der Waals surface area contributed by atoms with Crippen molar-refractivity contribution in [1.82, 2.24) is 9.97 Å². The first-order valence-corrected chi connectivity index (χ1v) is 8.65. The number of nitrogens with zero attached hydrogens (tertiary/aromatic N) is 3. The molecule has 0 amide bonds. The summed E-state index contributed by atoms with van der Waals surface area (Å²) in [6.45, 7) is 6.11. The second-order valence-corrected chi connectivity index (χ2v) is 6.23. The number of aromatic nitrogens is 2. The molecule has 0 radical (unpaired) electrons. The van der Waals surface area contributed by atoms with Crippen LogP contribution in [-0.4, -0.2) is 35.8 Å². The summed E-state index contributed by atoms with van der Waals surface area (Å²) in [5, 5.41) is 1.09. The Balaban J connectivity index is 1.73. The number of anilines is 1. The van der Waals surface area contributed by atoms with Gasteiger partial charge in [0, 0.05) is 24.0 Å². The third-order valence-electron chi connectivity index (χ3n) is 4.51. The molecule has 0 N–H and O–H groups in total. The fraction of sp³-hybridized carbons (Fsp3) is 0.238. The van der Waals surface area contributed by atoms with Crippen LogP contribution in [0.15, 0.2) is 67.3 Å². The predicted molar refractivity (Wildman–Crippen MR) is 102 cm³/mol. The Labute approximate surface area is 147 Å². The van der Waals surface area contributed by atoms with Crippen molar-refractivity contribution in [3.05, 3.63) is 67.3 Å². The minimum atomic E-state index is 0.229. The molecular weight excluding hydrogens is 310 g/mol. The predicted octanol–water partition coefficient (Wildman–Crippen LogP) is 4.08. The molecule has 1 unspecified atom stereocenters. The van der Waals surface area contributed by atoms with Crippen molar-refractivity contribution in [1.29, 1.82) is 0 Å². The number of fused-ring (bicyclic) bond motifs is 1. The fourth-order valence-electron chi connectivity index (χ4n) is 3.28. The number of hydrogen-bond acceptors (Lipinski definition) is 4. The SMILES string of the molecule is C=CCOC1CCN(c2nc(-c3ccccc3)nc3ccccc23)C1. The van der Waals surface area contributed by atoms with E-state index in [4.69, 9.17) is 14.7 Å². The quantitative estimate of drug-likeness (QED) is 0.660. The number of rotatable bonds is 5. The number of hydrogen-bond donors (Lipinski definition) is 0. The third-order valence-corrected chi connectivity index (χ3v) is 4.51. The van der Waals surface area contributed by atoms with Crippen LogP contribution in [0.4, 0.5) is 5.82 Å². The Morgan fingerprint density at radius 1 is 1.08 bits per heavy atom. The van der Waals surface area contributed by atoms with Gasteiger partial charge in [0.15, 0.2) is 5.82 Å². The van der Waals surface area contributed by atoms with Crippen LogP contribution in [0.25, 0.3) is 22.3 Å². The first-order valence-electron chi connectivity index (χ1n) is 8.65. The van der Waals surface area contributed by atoms with Gasteiger partial charge in [-0.3, -0.25) is 0 Å². The average Bonchev–Trinajstić information content (AvgIpc) is 3.15. The summed E-state index contributed by atoms with van der Waals surface area (Å²) in [6, 6.07) is 18.3. The van der Waals surface area contributed by atoms with Gasteiger partial charge in [-0.2, -0.15) is 0 Å². The van der Waals surface area contributed by atoms with Crippen LogP contribution in [0.3, 0.4) is 0 Å². The first kappa shape index (κ1) is 15.8. The Bertz CT molecular complexity index is 879. The Hall–Kier alpha value is -2.72. The largest absolute Gasteiger partial charge is 0.372 e. The van der Waals surface area contributed by atoms with Crippen LogP contribution in [0.5, 0.6) is 0 Å². The van der Waals surface area contributed by atoms with Gasteiger partial charge >= 0.3 is 0 Å². The van der Waals surface area contributed by atoms with Crippen LogP contribution in [-0.2, 0) is 4.74 Å². The molecule has 25 heavy (non-hydrogen) atoms. The van der Waals surface area contributed by atoms with E-state index >= 15 is 0 Å². The zero-order valence-corrected chi connectivity index (χ0v) is 14.1. The Kier molecular flexibility index (Phi) is 4.44. The maximum absolute atomic E-state index is 5.83. The summed E-state index contributed by atoms with van der Waals surface area (Å²) in [7, 11) is 0. The van der Waals surface area contributed by atoms with Crippen LogP contribution < -0.4 is 4.90 Å². The van der Waals surface area contributed by atoms with Gasteiger partial charge in [-0.05, 0) is 18.6 Å². The molecule has 4 rings (SSSR count). The number of para-hydroxylation sites is 1. The van der Waals surface area contributed by atoms with E-state index in [1.54, 1.807) is 6.08 Å². The lowest BCUT2D eigenvalue weighted by molar-refractivity contribution is 0.0909. The molecule has 3 aromatic rings. The van der Waals surface area contributed by atoms with Crippen LogP contribution in [0.2, 0.25) is 0 Å². The van der Waals surface area contributed by atoms with Crippen molar-refractivity contribution >= 4 is 16.7 Å².